The Balaban J connectivity index is 1.52. The van der Waals surface area contributed by atoms with Crippen molar-refractivity contribution in [2.75, 3.05) is 13.1 Å². The molecule has 0 spiro atoms. The van der Waals surface area contributed by atoms with E-state index in [1.807, 2.05) is 12.1 Å². The number of oxazole rings is 1. The first-order chi connectivity index (χ1) is 12.2. The van der Waals surface area contributed by atoms with Gasteiger partial charge in [-0.1, -0.05) is 0 Å². The van der Waals surface area contributed by atoms with Gasteiger partial charge in [0.1, 0.15) is 5.69 Å². The summed E-state index contributed by atoms with van der Waals surface area (Å²) in [6, 6.07) is 4.40. The molecule has 25 heavy (non-hydrogen) atoms. The van der Waals surface area contributed by atoms with Crippen LogP contribution >= 0.6 is 0 Å². The van der Waals surface area contributed by atoms with Crippen molar-refractivity contribution in [3.05, 3.63) is 42.8 Å². The van der Waals surface area contributed by atoms with Gasteiger partial charge in [-0.15, -0.1) is 0 Å². The van der Waals surface area contributed by atoms with Gasteiger partial charge in [0.05, 0.1) is 19.2 Å². The summed E-state index contributed by atoms with van der Waals surface area (Å²) >= 11 is 0. The monoisotopic (exact) mass is 336 g/mol. The van der Waals surface area contributed by atoms with E-state index in [0.717, 1.165) is 28.7 Å². The first kappa shape index (κ1) is 15.9. The molecule has 1 saturated heterocycles. The van der Waals surface area contributed by atoms with Crippen molar-refractivity contribution >= 4 is 16.6 Å². The fourth-order valence-corrected chi connectivity index (χ4v) is 3.37. The lowest BCUT2D eigenvalue weighted by Gasteiger charge is -2.19. The van der Waals surface area contributed by atoms with Gasteiger partial charge in [0.15, 0.2) is 17.9 Å². The standard InChI is InChI=1S/C19H20N4O2/c1-13-3-2-4-23(13)11-17(24)7-16-5-14-6-18(19-10-20-12-25-19)22-9-15(14)8-21-16/h5-6,8-10,12-13H,2-4,7,11H2,1H3/t13-/m1/s1. The molecular weight excluding hydrogens is 316 g/mol. The summed E-state index contributed by atoms with van der Waals surface area (Å²) < 4.78 is 5.30. The van der Waals surface area contributed by atoms with Crippen molar-refractivity contribution in [2.24, 2.45) is 0 Å². The molecule has 0 saturated carbocycles. The minimum atomic E-state index is 0.213. The van der Waals surface area contributed by atoms with Gasteiger partial charge in [0.25, 0.3) is 0 Å². The van der Waals surface area contributed by atoms with Gasteiger partial charge >= 0.3 is 0 Å². The van der Waals surface area contributed by atoms with Crippen LogP contribution in [0.2, 0.25) is 0 Å². The van der Waals surface area contributed by atoms with E-state index in [1.165, 1.54) is 19.2 Å². The lowest BCUT2D eigenvalue weighted by molar-refractivity contribution is -0.119. The van der Waals surface area contributed by atoms with Crippen LogP contribution in [0.1, 0.15) is 25.5 Å². The number of hydrogen-bond donors (Lipinski definition) is 0. The highest BCUT2D eigenvalue weighted by molar-refractivity contribution is 5.86. The Morgan fingerprint density at radius 3 is 2.88 bits per heavy atom. The fourth-order valence-electron chi connectivity index (χ4n) is 3.37. The van der Waals surface area contributed by atoms with Crippen LogP contribution < -0.4 is 0 Å². The van der Waals surface area contributed by atoms with Gasteiger partial charge in [-0.05, 0) is 43.8 Å². The Labute approximate surface area is 145 Å². The SMILES string of the molecule is C[C@@H]1CCCN1CC(=O)Cc1cc2cc(-c3cnco3)ncc2cn1. The minimum absolute atomic E-state index is 0.213. The second kappa shape index (κ2) is 6.72. The zero-order chi connectivity index (χ0) is 17.2. The molecule has 1 fully saturated rings. The summed E-state index contributed by atoms with van der Waals surface area (Å²) in [5, 5.41) is 1.93. The molecule has 3 aromatic heterocycles. The maximum atomic E-state index is 12.4. The molecule has 4 heterocycles. The number of rotatable bonds is 5. The normalized spacial score (nSPS) is 18.0. The maximum absolute atomic E-state index is 12.4. The Kier molecular flexibility index (Phi) is 4.28. The van der Waals surface area contributed by atoms with Crippen LogP contribution in [0.5, 0.6) is 0 Å². The molecule has 6 heteroatoms. The summed E-state index contributed by atoms with van der Waals surface area (Å²) in [6.45, 7) is 3.72. The van der Waals surface area contributed by atoms with Crippen LogP contribution in [0.4, 0.5) is 0 Å². The number of fused-ring (bicyclic) bond motifs is 1. The first-order valence-electron chi connectivity index (χ1n) is 8.58. The Morgan fingerprint density at radius 1 is 1.24 bits per heavy atom. The lowest BCUT2D eigenvalue weighted by Crippen LogP contribution is -2.33. The van der Waals surface area contributed by atoms with Crippen LogP contribution in [-0.2, 0) is 11.2 Å². The van der Waals surface area contributed by atoms with Crippen LogP contribution in [0, 0.1) is 0 Å². The maximum Gasteiger partial charge on any atom is 0.181 e. The predicted octanol–water partition coefficient (Wildman–Crippen LogP) is 2.88. The third-order valence-corrected chi connectivity index (χ3v) is 4.79. The molecule has 6 nitrogen and oxygen atoms in total. The number of nitrogens with zero attached hydrogens (tertiary/aromatic N) is 4. The molecule has 1 aliphatic heterocycles. The molecular formula is C19H20N4O2. The average Bonchev–Trinajstić information content (AvgIpc) is 3.27. The quantitative estimate of drug-likeness (QED) is 0.713. The molecule has 0 unspecified atom stereocenters. The van der Waals surface area contributed by atoms with Gasteiger partial charge in [-0.25, -0.2) is 4.98 Å². The minimum Gasteiger partial charge on any atom is -0.442 e. The largest absolute Gasteiger partial charge is 0.442 e. The Morgan fingerprint density at radius 2 is 2.12 bits per heavy atom. The van der Waals surface area contributed by atoms with E-state index in [1.54, 1.807) is 18.6 Å². The molecule has 0 amide bonds. The van der Waals surface area contributed by atoms with E-state index >= 15 is 0 Å². The number of Topliss-reactive ketones (excluding diaryl/α,β-unsaturated/α-hetero) is 1. The number of carbonyl (C=O) groups is 1. The smallest absolute Gasteiger partial charge is 0.181 e. The van der Waals surface area contributed by atoms with Crippen LogP contribution in [-0.4, -0.2) is 44.8 Å². The summed E-state index contributed by atoms with van der Waals surface area (Å²) in [4.78, 5) is 27.4. The van der Waals surface area contributed by atoms with Gasteiger partial charge in [0.2, 0.25) is 0 Å². The third kappa shape index (κ3) is 3.44. The third-order valence-electron chi connectivity index (χ3n) is 4.79. The highest BCUT2D eigenvalue weighted by Crippen LogP contribution is 2.22. The molecule has 128 valence electrons. The van der Waals surface area contributed by atoms with E-state index in [2.05, 4.69) is 26.8 Å². The van der Waals surface area contributed by atoms with Crippen LogP contribution in [0.15, 0.2) is 41.5 Å². The molecule has 4 rings (SSSR count). The number of likely N-dealkylation sites (tertiary alicyclic amines) is 1. The number of hydrogen-bond acceptors (Lipinski definition) is 6. The second-order valence-corrected chi connectivity index (χ2v) is 6.64. The average molecular weight is 336 g/mol. The van der Waals surface area contributed by atoms with Gasteiger partial charge in [0, 0.05) is 29.5 Å². The van der Waals surface area contributed by atoms with Crippen molar-refractivity contribution in [1.29, 1.82) is 0 Å². The van der Waals surface area contributed by atoms with Crippen molar-refractivity contribution < 1.29 is 9.21 Å². The van der Waals surface area contributed by atoms with Crippen molar-refractivity contribution in [3.8, 4) is 11.5 Å². The zero-order valence-corrected chi connectivity index (χ0v) is 14.2. The summed E-state index contributed by atoms with van der Waals surface area (Å²) in [5.74, 6) is 0.837. The van der Waals surface area contributed by atoms with E-state index in [4.69, 9.17) is 4.42 Å². The topological polar surface area (TPSA) is 72.1 Å². The first-order valence-corrected chi connectivity index (χ1v) is 8.58. The molecule has 1 atom stereocenters. The Bertz CT molecular complexity index is 892. The van der Waals surface area contributed by atoms with E-state index in [-0.39, 0.29) is 5.78 Å². The fraction of sp³-hybridized carbons (Fsp3) is 0.368. The van der Waals surface area contributed by atoms with Crippen molar-refractivity contribution in [2.45, 2.75) is 32.2 Å². The molecule has 3 aromatic rings. The summed E-state index contributed by atoms with van der Waals surface area (Å²) in [7, 11) is 0. The predicted molar refractivity (Wildman–Crippen MR) is 94.0 cm³/mol. The number of carbonyl (C=O) groups excluding carboxylic acids is 1. The van der Waals surface area contributed by atoms with Crippen molar-refractivity contribution in [1.82, 2.24) is 19.9 Å². The lowest BCUT2D eigenvalue weighted by atomic mass is 10.1. The van der Waals surface area contributed by atoms with Crippen LogP contribution in [0.3, 0.4) is 0 Å². The molecule has 1 aliphatic rings. The van der Waals surface area contributed by atoms with E-state index < -0.39 is 0 Å². The van der Waals surface area contributed by atoms with Crippen molar-refractivity contribution in [3.63, 3.8) is 0 Å². The second-order valence-electron chi connectivity index (χ2n) is 6.64. The van der Waals surface area contributed by atoms with Gasteiger partial charge in [-0.3, -0.25) is 19.7 Å². The summed E-state index contributed by atoms with van der Waals surface area (Å²) in [5.41, 5.74) is 1.51. The van der Waals surface area contributed by atoms with Crippen LogP contribution in [0.25, 0.3) is 22.2 Å². The highest BCUT2D eigenvalue weighted by atomic mass is 16.3. The number of pyridine rings is 2. The van der Waals surface area contributed by atoms with E-state index in [0.29, 0.717) is 24.8 Å². The molecule has 0 bridgehead atoms. The zero-order valence-electron chi connectivity index (χ0n) is 14.2. The molecule has 0 N–H and O–H groups in total. The number of aromatic nitrogens is 3. The summed E-state index contributed by atoms with van der Waals surface area (Å²) in [6.07, 6.45) is 9.28. The van der Waals surface area contributed by atoms with Gasteiger partial charge in [-0.2, -0.15) is 0 Å². The molecule has 0 aromatic carbocycles. The number of ketones is 1. The van der Waals surface area contributed by atoms with Gasteiger partial charge < -0.3 is 4.42 Å². The molecule has 0 aliphatic carbocycles. The molecule has 0 radical (unpaired) electrons. The highest BCUT2D eigenvalue weighted by Gasteiger charge is 2.22. The van der Waals surface area contributed by atoms with E-state index in [9.17, 15) is 4.79 Å². The Hall–Kier alpha value is -2.60.